The highest BCUT2D eigenvalue weighted by molar-refractivity contribution is 5.45. The van der Waals surface area contributed by atoms with Gasteiger partial charge in [0.2, 0.25) is 0 Å². The number of aromatic nitrogens is 1. The van der Waals surface area contributed by atoms with E-state index in [9.17, 15) is 13.9 Å². The maximum absolute atomic E-state index is 13.4. The molecular formula is C20H21F2N3O2. The van der Waals surface area contributed by atoms with E-state index < -0.39 is 17.9 Å². The highest BCUT2D eigenvalue weighted by atomic mass is 19.2. The van der Waals surface area contributed by atoms with Crippen LogP contribution in [-0.2, 0) is 11.3 Å². The number of pyridine rings is 1. The number of hydrogen-bond acceptors (Lipinski definition) is 5. The third-order valence-corrected chi connectivity index (χ3v) is 4.25. The minimum absolute atomic E-state index is 0.0489. The van der Waals surface area contributed by atoms with Gasteiger partial charge < -0.3 is 20.9 Å². The molecule has 1 heterocycles. The van der Waals surface area contributed by atoms with Crippen molar-refractivity contribution in [3.63, 3.8) is 0 Å². The first-order valence-corrected chi connectivity index (χ1v) is 8.60. The molecule has 7 heteroatoms. The summed E-state index contributed by atoms with van der Waals surface area (Å²) in [6, 6.07) is 7.14. The number of aliphatic hydroxyl groups is 1. The van der Waals surface area contributed by atoms with Crippen LogP contribution in [0, 0.1) is 17.6 Å². The van der Waals surface area contributed by atoms with E-state index in [-0.39, 0.29) is 12.5 Å². The SMILES string of the molecule is NCC1C=C(C(O)Nc2cccnc2)C(OCc2ccc(F)c(F)c2)=CC1. The van der Waals surface area contributed by atoms with Crippen LogP contribution in [0.2, 0.25) is 0 Å². The van der Waals surface area contributed by atoms with Crippen molar-refractivity contribution in [2.75, 3.05) is 11.9 Å². The van der Waals surface area contributed by atoms with Crippen molar-refractivity contribution in [1.82, 2.24) is 4.98 Å². The highest BCUT2D eigenvalue weighted by Gasteiger charge is 2.22. The number of anilines is 1. The molecule has 1 aliphatic rings. The van der Waals surface area contributed by atoms with Crippen LogP contribution in [-0.4, -0.2) is 22.9 Å². The van der Waals surface area contributed by atoms with Crippen LogP contribution in [0.25, 0.3) is 0 Å². The lowest BCUT2D eigenvalue weighted by Gasteiger charge is -2.25. The number of nitrogens with one attached hydrogen (secondary N) is 1. The summed E-state index contributed by atoms with van der Waals surface area (Å²) in [6.07, 6.45) is 6.60. The Labute approximate surface area is 156 Å². The van der Waals surface area contributed by atoms with E-state index in [0.29, 0.717) is 35.5 Å². The predicted molar refractivity (Wildman–Crippen MR) is 98.3 cm³/mol. The first-order valence-electron chi connectivity index (χ1n) is 8.60. The normalized spacial score (nSPS) is 17.7. The highest BCUT2D eigenvalue weighted by Crippen LogP contribution is 2.27. The van der Waals surface area contributed by atoms with Gasteiger partial charge in [-0.3, -0.25) is 4.98 Å². The van der Waals surface area contributed by atoms with E-state index in [0.717, 1.165) is 12.1 Å². The monoisotopic (exact) mass is 373 g/mol. The van der Waals surface area contributed by atoms with Gasteiger partial charge in [0.15, 0.2) is 17.9 Å². The molecule has 0 spiro atoms. The van der Waals surface area contributed by atoms with E-state index in [2.05, 4.69) is 10.3 Å². The fourth-order valence-corrected chi connectivity index (χ4v) is 2.79. The van der Waals surface area contributed by atoms with Gasteiger partial charge >= 0.3 is 0 Å². The second-order valence-electron chi connectivity index (χ2n) is 6.25. The molecule has 1 aromatic carbocycles. The van der Waals surface area contributed by atoms with E-state index >= 15 is 0 Å². The molecule has 1 aliphatic carbocycles. The standard InChI is InChI=1S/C20H21F2N3O2/c21-17-5-3-14(9-18(17)22)12-27-19-6-4-13(10-23)8-16(19)20(26)25-15-2-1-7-24-11-15/h1-3,5-9,11,13,20,25-26H,4,10,12,23H2. The Morgan fingerprint density at radius 3 is 2.85 bits per heavy atom. The molecule has 3 rings (SSSR count). The van der Waals surface area contributed by atoms with Crippen LogP contribution in [0.1, 0.15) is 12.0 Å². The smallest absolute Gasteiger partial charge is 0.159 e. The van der Waals surface area contributed by atoms with Gasteiger partial charge in [0.25, 0.3) is 0 Å². The second-order valence-corrected chi connectivity index (χ2v) is 6.25. The summed E-state index contributed by atoms with van der Waals surface area (Å²) < 4.78 is 32.2. The molecule has 27 heavy (non-hydrogen) atoms. The van der Waals surface area contributed by atoms with E-state index in [1.54, 1.807) is 24.5 Å². The summed E-state index contributed by atoms with van der Waals surface area (Å²) in [5.41, 5.74) is 7.44. The van der Waals surface area contributed by atoms with Crippen LogP contribution in [0.3, 0.4) is 0 Å². The zero-order chi connectivity index (χ0) is 19.2. The number of benzene rings is 1. The molecule has 0 bridgehead atoms. The quantitative estimate of drug-likeness (QED) is 0.650. The number of ether oxygens (including phenoxy) is 1. The maximum atomic E-state index is 13.4. The van der Waals surface area contributed by atoms with Crippen molar-refractivity contribution in [2.45, 2.75) is 19.3 Å². The molecule has 0 aliphatic heterocycles. The van der Waals surface area contributed by atoms with Crippen LogP contribution in [0.5, 0.6) is 0 Å². The van der Waals surface area contributed by atoms with E-state index in [1.165, 1.54) is 6.07 Å². The minimum Gasteiger partial charge on any atom is -0.489 e. The lowest BCUT2D eigenvalue weighted by molar-refractivity contribution is 0.174. The van der Waals surface area contributed by atoms with Crippen molar-refractivity contribution < 1.29 is 18.6 Å². The van der Waals surface area contributed by atoms with Crippen molar-refractivity contribution in [3.05, 3.63) is 83.4 Å². The van der Waals surface area contributed by atoms with Crippen LogP contribution < -0.4 is 11.1 Å². The molecule has 0 fully saturated rings. The van der Waals surface area contributed by atoms with Crippen molar-refractivity contribution >= 4 is 5.69 Å². The van der Waals surface area contributed by atoms with Gasteiger partial charge in [0.1, 0.15) is 12.4 Å². The molecule has 0 saturated heterocycles. The molecule has 2 atom stereocenters. The zero-order valence-electron chi connectivity index (χ0n) is 14.6. The van der Waals surface area contributed by atoms with Gasteiger partial charge in [0.05, 0.1) is 11.9 Å². The van der Waals surface area contributed by atoms with Crippen molar-refractivity contribution in [2.24, 2.45) is 11.7 Å². The number of halogens is 2. The lowest BCUT2D eigenvalue weighted by atomic mass is 9.94. The topological polar surface area (TPSA) is 80.4 Å². The molecule has 4 N–H and O–H groups in total. The average molecular weight is 373 g/mol. The number of hydrogen-bond donors (Lipinski definition) is 3. The molecule has 2 aromatic rings. The Hall–Kier alpha value is -2.77. The largest absolute Gasteiger partial charge is 0.489 e. The number of allylic oxidation sites excluding steroid dienone is 1. The Kier molecular flexibility index (Phi) is 6.16. The molecule has 0 saturated carbocycles. The summed E-state index contributed by atoms with van der Waals surface area (Å²) >= 11 is 0. The van der Waals surface area contributed by atoms with E-state index in [4.69, 9.17) is 10.5 Å². The molecule has 0 radical (unpaired) electrons. The fourth-order valence-electron chi connectivity index (χ4n) is 2.79. The zero-order valence-corrected chi connectivity index (χ0v) is 14.6. The van der Waals surface area contributed by atoms with Gasteiger partial charge in [0, 0.05) is 11.8 Å². The second kappa shape index (κ2) is 8.75. The maximum Gasteiger partial charge on any atom is 0.159 e. The predicted octanol–water partition coefficient (Wildman–Crippen LogP) is 3.10. The number of aliphatic hydroxyl groups excluding tert-OH is 1. The molecule has 0 amide bonds. The molecule has 2 unspecified atom stereocenters. The molecule has 1 aromatic heterocycles. The van der Waals surface area contributed by atoms with Crippen LogP contribution in [0.15, 0.2) is 66.2 Å². The summed E-state index contributed by atoms with van der Waals surface area (Å²) in [6.45, 7) is 0.489. The van der Waals surface area contributed by atoms with Gasteiger partial charge in [-0.05, 0) is 54.8 Å². The summed E-state index contributed by atoms with van der Waals surface area (Å²) in [4.78, 5) is 4.00. The van der Waals surface area contributed by atoms with Gasteiger partial charge in [-0.25, -0.2) is 8.78 Å². The van der Waals surface area contributed by atoms with Crippen molar-refractivity contribution in [1.29, 1.82) is 0 Å². The Balaban J connectivity index is 1.72. The van der Waals surface area contributed by atoms with Gasteiger partial charge in [-0.15, -0.1) is 0 Å². The first kappa shape index (κ1) is 19.0. The Morgan fingerprint density at radius 2 is 2.15 bits per heavy atom. The number of nitrogens with two attached hydrogens (primary N) is 1. The van der Waals surface area contributed by atoms with Crippen molar-refractivity contribution in [3.8, 4) is 0 Å². The molecule has 5 nitrogen and oxygen atoms in total. The Bertz CT molecular complexity index is 840. The van der Waals surface area contributed by atoms with Crippen LogP contribution in [0.4, 0.5) is 14.5 Å². The molecule has 142 valence electrons. The first-order chi connectivity index (χ1) is 13.1. The molecular weight excluding hydrogens is 352 g/mol. The number of nitrogens with zero attached hydrogens (tertiary/aromatic N) is 1. The number of rotatable bonds is 7. The van der Waals surface area contributed by atoms with Gasteiger partial charge in [-0.1, -0.05) is 12.1 Å². The summed E-state index contributed by atoms with van der Waals surface area (Å²) in [5.74, 6) is -1.27. The lowest BCUT2D eigenvalue weighted by Crippen LogP contribution is -2.27. The minimum atomic E-state index is -1.03. The Morgan fingerprint density at radius 1 is 1.30 bits per heavy atom. The van der Waals surface area contributed by atoms with E-state index in [1.807, 2.05) is 12.2 Å². The third kappa shape index (κ3) is 4.90. The van der Waals surface area contributed by atoms with Gasteiger partial charge in [-0.2, -0.15) is 0 Å². The third-order valence-electron chi connectivity index (χ3n) is 4.25. The summed E-state index contributed by atoms with van der Waals surface area (Å²) in [7, 11) is 0. The van der Waals surface area contributed by atoms with Crippen LogP contribution >= 0.6 is 0 Å². The average Bonchev–Trinajstić information content (AvgIpc) is 2.69. The fraction of sp³-hybridized carbons (Fsp3) is 0.250. The summed E-state index contributed by atoms with van der Waals surface area (Å²) in [5, 5.41) is 13.6.